The highest BCUT2D eigenvalue weighted by molar-refractivity contribution is 8.76. The van der Waals surface area contributed by atoms with Crippen molar-refractivity contribution >= 4 is 50.6 Å². The van der Waals surface area contributed by atoms with E-state index < -0.39 is 5.97 Å². The first kappa shape index (κ1) is 18.5. The summed E-state index contributed by atoms with van der Waals surface area (Å²) in [6.07, 6.45) is 0.149. The van der Waals surface area contributed by atoms with Gasteiger partial charge in [0.25, 0.3) is 11.9 Å². The van der Waals surface area contributed by atoms with Crippen LogP contribution in [0.25, 0.3) is 11.1 Å². The molecule has 7 nitrogen and oxygen atoms in total. The molecule has 0 aliphatic carbocycles. The molecule has 1 aromatic carbocycles. The van der Waals surface area contributed by atoms with Crippen LogP contribution < -0.4 is 10.2 Å². The summed E-state index contributed by atoms with van der Waals surface area (Å²) in [7, 11) is 6.71. The van der Waals surface area contributed by atoms with Crippen LogP contribution in [0.3, 0.4) is 0 Å². The van der Waals surface area contributed by atoms with E-state index in [1.165, 1.54) is 10.8 Å². The zero-order chi connectivity index (χ0) is 17.5. The van der Waals surface area contributed by atoms with Crippen molar-refractivity contribution in [3.05, 3.63) is 23.8 Å². The summed E-state index contributed by atoms with van der Waals surface area (Å²) in [4.78, 5) is 28.6. The molecule has 0 aliphatic heterocycles. The van der Waals surface area contributed by atoms with Crippen LogP contribution in [-0.4, -0.2) is 54.1 Å². The maximum Gasteiger partial charge on any atom is 0.304 e. The fourth-order valence-electron chi connectivity index (χ4n) is 1.80. The lowest BCUT2D eigenvalue weighted by atomic mass is 10.2. The average molecular weight is 369 g/mol. The van der Waals surface area contributed by atoms with Gasteiger partial charge in [-0.1, -0.05) is 21.6 Å². The zero-order valence-corrected chi connectivity index (χ0v) is 15.1. The van der Waals surface area contributed by atoms with Crippen LogP contribution in [0.2, 0.25) is 0 Å². The van der Waals surface area contributed by atoms with Crippen LogP contribution in [-0.2, 0) is 4.79 Å². The van der Waals surface area contributed by atoms with Gasteiger partial charge in [-0.2, -0.15) is 4.98 Å². The van der Waals surface area contributed by atoms with E-state index in [9.17, 15) is 9.59 Å². The monoisotopic (exact) mass is 369 g/mol. The number of hydrogen-bond donors (Lipinski definition) is 2. The van der Waals surface area contributed by atoms with Crippen molar-refractivity contribution in [3.8, 4) is 0 Å². The highest BCUT2D eigenvalue weighted by Crippen LogP contribution is 2.22. The molecule has 1 amide bonds. The van der Waals surface area contributed by atoms with Gasteiger partial charge in [0.2, 0.25) is 0 Å². The number of hydrogen-bond acceptors (Lipinski definition) is 7. The Kier molecular flexibility index (Phi) is 6.80. The minimum Gasteiger partial charge on any atom is -0.481 e. The summed E-state index contributed by atoms with van der Waals surface area (Å²) in [5, 5.41) is 11.4. The van der Waals surface area contributed by atoms with Gasteiger partial charge in [-0.3, -0.25) is 9.59 Å². The first-order valence-corrected chi connectivity index (χ1v) is 9.78. The standard InChI is InChI=1S/C15H19N3O4S2/c1-18(2)15-17-11-4-3-10(9-12(11)22-15)14(21)16-6-8-24-23-7-5-13(19)20/h3-4,9H,5-8H2,1-2H3,(H,16,21)(H,19,20). The first-order valence-electron chi connectivity index (χ1n) is 7.29. The van der Waals surface area contributed by atoms with Gasteiger partial charge in [-0.05, 0) is 18.2 Å². The fourth-order valence-corrected chi connectivity index (χ4v) is 3.69. The molecule has 0 aliphatic rings. The second-order valence-corrected chi connectivity index (χ2v) is 7.82. The van der Waals surface area contributed by atoms with Crippen LogP contribution >= 0.6 is 21.6 Å². The van der Waals surface area contributed by atoms with E-state index in [-0.39, 0.29) is 12.3 Å². The van der Waals surface area contributed by atoms with Crippen molar-refractivity contribution < 1.29 is 19.1 Å². The third kappa shape index (κ3) is 5.34. The highest BCUT2D eigenvalue weighted by atomic mass is 33.1. The van der Waals surface area contributed by atoms with Gasteiger partial charge in [-0.25, -0.2) is 0 Å². The van der Waals surface area contributed by atoms with Gasteiger partial charge in [0.1, 0.15) is 5.52 Å². The lowest BCUT2D eigenvalue weighted by molar-refractivity contribution is -0.136. The predicted molar refractivity (Wildman–Crippen MR) is 97.8 cm³/mol. The Labute approximate surface area is 147 Å². The van der Waals surface area contributed by atoms with Crippen molar-refractivity contribution in [1.82, 2.24) is 10.3 Å². The van der Waals surface area contributed by atoms with Crippen LogP contribution in [0.15, 0.2) is 22.6 Å². The Morgan fingerprint density at radius 3 is 2.75 bits per heavy atom. The Morgan fingerprint density at radius 1 is 1.29 bits per heavy atom. The maximum atomic E-state index is 12.1. The molecule has 2 aromatic rings. The van der Waals surface area contributed by atoms with E-state index >= 15 is 0 Å². The van der Waals surface area contributed by atoms with E-state index in [1.807, 2.05) is 14.1 Å². The summed E-state index contributed by atoms with van der Waals surface area (Å²) in [5.74, 6) is 0.308. The molecule has 9 heteroatoms. The third-order valence-corrected chi connectivity index (χ3v) is 5.38. The normalized spacial score (nSPS) is 10.8. The van der Waals surface area contributed by atoms with Gasteiger partial charge in [0, 0.05) is 37.7 Å². The molecule has 2 N–H and O–H groups in total. The number of rotatable bonds is 9. The molecular weight excluding hydrogens is 350 g/mol. The largest absolute Gasteiger partial charge is 0.481 e. The van der Waals surface area contributed by atoms with E-state index in [1.54, 1.807) is 33.9 Å². The molecule has 0 saturated carbocycles. The molecule has 2 rings (SSSR count). The van der Waals surface area contributed by atoms with Crippen LogP contribution in [0.4, 0.5) is 6.01 Å². The molecule has 0 spiro atoms. The number of anilines is 1. The summed E-state index contributed by atoms with van der Waals surface area (Å²) in [6, 6.07) is 5.66. The molecule has 24 heavy (non-hydrogen) atoms. The highest BCUT2D eigenvalue weighted by Gasteiger charge is 2.11. The van der Waals surface area contributed by atoms with Gasteiger partial charge in [0.15, 0.2) is 5.58 Å². The number of carboxylic acids is 1. The second kappa shape index (κ2) is 8.84. The summed E-state index contributed by atoms with van der Waals surface area (Å²) in [5.41, 5.74) is 1.80. The SMILES string of the molecule is CN(C)c1nc2ccc(C(=O)NCCSSCCC(=O)O)cc2o1. The molecule has 1 heterocycles. The van der Waals surface area contributed by atoms with E-state index in [2.05, 4.69) is 10.3 Å². The quantitative estimate of drug-likeness (QED) is 0.514. The minimum atomic E-state index is -0.795. The Balaban J connectivity index is 1.80. The van der Waals surface area contributed by atoms with Crippen molar-refractivity contribution in [2.24, 2.45) is 0 Å². The molecule has 0 bridgehead atoms. The molecule has 1 aromatic heterocycles. The number of carbonyl (C=O) groups excluding carboxylic acids is 1. The van der Waals surface area contributed by atoms with Crippen LogP contribution in [0.1, 0.15) is 16.8 Å². The lowest BCUT2D eigenvalue weighted by Gasteiger charge is -2.04. The summed E-state index contributed by atoms with van der Waals surface area (Å²) >= 11 is 0. The number of nitrogens with one attached hydrogen (secondary N) is 1. The molecule has 130 valence electrons. The maximum absolute atomic E-state index is 12.1. The summed E-state index contributed by atoms with van der Waals surface area (Å²) in [6.45, 7) is 0.515. The number of carbonyl (C=O) groups is 2. The zero-order valence-electron chi connectivity index (χ0n) is 13.4. The van der Waals surface area contributed by atoms with Gasteiger partial charge in [0.05, 0.1) is 6.42 Å². The number of aliphatic carboxylic acids is 1. The number of carboxylic acid groups (broad SMARTS) is 1. The van der Waals surface area contributed by atoms with Crippen molar-refractivity contribution in [2.75, 3.05) is 37.0 Å². The predicted octanol–water partition coefficient (Wildman–Crippen LogP) is 2.48. The lowest BCUT2D eigenvalue weighted by Crippen LogP contribution is -2.25. The van der Waals surface area contributed by atoms with E-state index in [0.29, 0.717) is 40.7 Å². The van der Waals surface area contributed by atoms with Crippen molar-refractivity contribution in [2.45, 2.75) is 6.42 Å². The van der Waals surface area contributed by atoms with Crippen molar-refractivity contribution in [3.63, 3.8) is 0 Å². The Morgan fingerprint density at radius 2 is 2.04 bits per heavy atom. The molecule has 0 radical (unpaired) electrons. The minimum absolute atomic E-state index is 0.149. The smallest absolute Gasteiger partial charge is 0.304 e. The number of benzene rings is 1. The van der Waals surface area contributed by atoms with Crippen LogP contribution in [0.5, 0.6) is 0 Å². The topological polar surface area (TPSA) is 95.7 Å². The summed E-state index contributed by atoms with van der Waals surface area (Å²) < 4.78 is 5.59. The number of amides is 1. The number of oxazole rings is 1. The average Bonchev–Trinajstić information content (AvgIpc) is 2.96. The number of aromatic nitrogens is 1. The van der Waals surface area contributed by atoms with E-state index in [4.69, 9.17) is 9.52 Å². The van der Waals surface area contributed by atoms with Gasteiger partial charge >= 0.3 is 5.97 Å². The Bertz CT molecular complexity index is 718. The van der Waals surface area contributed by atoms with E-state index in [0.717, 1.165) is 0 Å². The Hall–Kier alpha value is -1.87. The first-order chi connectivity index (χ1) is 11.5. The molecule has 0 atom stereocenters. The third-order valence-electron chi connectivity index (χ3n) is 2.98. The molecule has 0 fully saturated rings. The molecule has 0 unspecified atom stereocenters. The second-order valence-electron chi connectivity index (χ2n) is 5.12. The van der Waals surface area contributed by atoms with Crippen LogP contribution in [0, 0.1) is 0 Å². The number of fused-ring (bicyclic) bond motifs is 1. The van der Waals surface area contributed by atoms with Gasteiger partial charge < -0.3 is 19.7 Å². The molecular formula is C15H19N3O4S2. The fraction of sp³-hybridized carbons (Fsp3) is 0.400. The van der Waals surface area contributed by atoms with Crippen molar-refractivity contribution in [1.29, 1.82) is 0 Å². The molecule has 0 saturated heterocycles. The van der Waals surface area contributed by atoms with Gasteiger partial charge in [-0.15, -0.1) is 0 Å². The number of nitrogens with zero attached hydrogens (tertiary/aromatic N) is 2.